The number of phenolic OH excluding ortho intramolecular Hbond substituents is 1. The van der Waals surface area contributed by atoms with Gasteiger partial charge < -0.3 is 24.4 Å². The summed E-state index contributed by atoms with van der Waals surface area (Å²) in [6.07, 6.45) is 0. The molecule has 7 nitrogen and oxygen atoms in total. The van der Waals surface area contributed by atoms with Crippen molar-refractivity contribution < 1.29 is 34.0 Å². The minimum Gasteiger partial charge on any atom is -0.508 e. The lowest BCUT2D eigenvalue weighted by molar-refractivity contribution is -0.137. The van der Waals surface area contributed by atoms with Gasteiger partial charge >= 0.3 is 11.9 Å². The second-order valence-corrected chi connectivity index (χ2v) is 8.19. The fourth-order valence-corrected chi connectivity index (χ4v) is 4.83. The maximum atomic E-state index is 12.8. The smallest absolute Gasteiger partial charge is 0.340 e. The van der Waals surface area contributed by atoms with Gasteiger partial charge in [-0.05, 0) is 18.2 Å². The number of aromatic hydroxyl groups is 1. The quantitative estimate of drug-likeness (QED) is 0.489. The van der Waals surface area contributed by atoms with Gasteiger partial charge in [-0.2, -0.15) is 0 Å². The highest BCUT2D eigenvalue weighted by Gasteiger charge is 2.60. The van der Waals surface area contributed by atoms with Gasteiger partial charge in [0.15, 0.2) is 17.1 Å². The van der Waals surface area contributed by atoms with E-state index in [4.69, 9.17) is 37.4 Å². The average Bonchev–Trinajstić information content (AvgIpc) is 3.02. The molecule has 2 aromatic rings. The Balaban J connectivity index is 1.89. The summed E-state index contributed by atoms with van der Waals surface area (Å²) >= 11 is 13.1. The molecule has 0 saturated carbocycles. The van der Waals surface area contributed by atoms with Gasteiger partial charge in [0.1, 0.15) is 16.9 Å². The van der Waals surface area contributed by atoms with Crippen LogP contribution in [0.15, 0.2) is 65.3 Å². The number of ether oxygens (including phenoxy) is 3. The number of alkyl halides is 2. The van der Waals surface area contributed by atoms with Crippen LogP contribution in [0.4, 0.5) is 0 Å². The van der Waals surface area contributed by atoms with E-state index in [9.17, 15) is 19.8 Å². The first-order valence-electron chi connectivity index (χ1n) is 9.24. The predicted octanol–water partition coefficient (Wildman–Crippen LogP) is 4.01. The monoisotopic (exact) mass is 460 g/mol. The zero-order valence-corrected chi connectivity index (χ0v) is 17.4. The zero-order chi connectivity index (χ0) is 22.1. The molecule has 2 heterocycles. The van der Waals surface area contributed by atoms with Gasteiger partial charge in [0.05, 0.1) is 10.9 Å². The van der Waals surface area contributed by atoms with E-state index in [1.165, 1.54) is 12.1 Å². The van der Waals surface area contributed by atoms with E-state index >= 15 is 0 Å². The molecule has 3 unspecified atom stereocenters. The van der Waals surface area contributed by atoms with Crippen molar-refractivity contribution in [2.24, 2.45) is 0 Å². The van der Waals surface area contributed by atoms with Gasteiger partial charge in [-0.1, -0.05) is 18.2 Å². The van der Waals surface area contributed by atoms with Gasteiger partial charge in [0.2, 0.25) is 5.76 Å². The number of carbonyl (C=O) groups is 2. The standard InChI is InChI=1S/C22H14Cl2O7/c1-9(25)29-20-18(27)17(24)16(23)15-19(20)30-14-8-10(26)6-7-13(14)22(15)12-5-3-2-4-11(12)21(28)31-22/h2-8,16-17,26-27H,1H3. The third-order valence-electron chi connectivity index (χ3n) is 5.43. The molecule has 0 radical (unpaired) electrons. The van der Waals surface area contributed by atoms with Crippen LogP contribution in [0.1, 0.15) is 28.4 Å². The largest absolute Gasteiger partial charge is 0.508 e. The van der Waals surface area contributed by atoms with Gasteiger partial charge in [0.25, 0.3) is 0 Å². The lowest BCUT2D eigenvalue weighted by atomic mass is 9.74. The molecule has 31 heavy (non-hydrogen) atoms. The molecule has 1 aliphatic carbocycles. The lowest BCUT2D eigenvalue weighted by Gasteiger charge is -2.42. The highest BCUT2D eigenvalue weighted by molar-refractivity contribution is 6.33. The molecule has 0 fully saturated rings. The molecule has 5 rings (SSSR count). The summed E-state index contributed by atoms with van der Waals surface area (Å²) < 4.78 is 17.1. The van der Waals surface area contributed by atoms with Gasteiger partial charge in [-0.25, -0.2) is 4.79 Å². The maximum Gasteiger partial charge on any atom is 0.340 e. The van der Waals surface area contributed by atoms with Crippen LogP contribution in [0.25, 0.3) is 0 Å². The van der Waals surface area contributed by atoms with Crippen molar-refractivity contribution >= 4 is 35.1 Å². The summed E-state index contributed by atoms with van der Waals surface area (Å²) in [5.41, 5.74) is -0.144. The molecule has 9 heteroatoms. The number of esters is 2. The van der Waals surface area contributed by atoms with E-state index in [1.807, 2.05) is 0 Å². The Kier molecular flexibility index (Phi) is 4.26. The number of aliphatic hydroxyl groups is 1. The molecular weight excluding hydrogens is 447 g/mol. The second kappa shape index (κ2) is 6.67. The van der Waals surface area contributed by atoms with Crippen molar-refractivity contribution in [3.8, 4) is 11.5 Å². The number of allylic oxidation sites excluding steroid dienone is 1. The van der Waals surface area contributed by atoms with E-state index in [2.05, 4.69) is 0 Å². The highest BCUT2D eigenvalue weighted by Crippen LogP contribution is 2.58. The Bertz CT molecular complexity index is 1230. The minimum absolute atomic E-state index is 0.104. The van der Waals surface area contributed by atoms with E-state index in [1.54, 1.807) is 30.3 Å². The van der Waals surface area contributed by atoms with E-state index < -0.39 is 34.1 Å². The molecule has 2 N–H and O–H groups in total. The highest BCUT2D eigenvalue weighted by atomic mass is 35.5. The Morgan fingerprint density at radius 2 is 1.84 bits per heavy atom. The average molecular weight is 461 g/mol. The van der Waals surface area contributed by atoms with E-state index in [0.29, 0.717) is 16.7 Å². The van der Waals surface area contributed by atoms with Crippen LogP contribution in [0.5, 0.6) is 11.5 Å². The second-order valence-electron chi connectivity index (χ2n) is 7.25. The zero-order valence-electron chi connectivity index (χ0n) is 15.9. The van der Waals surface area contributed by atoms with Crippen molar-refractivity contribution in [2.45, 2.75) is 23.3 Å². The Morgan fingerprint density at radius 3 is 2.58 bits per heavy atom. The van der Waals surface area contributed by atoms with E-state index in [0.717, 1.165) is 6.92 Å². The molecule has 3 aliphatic rings. The third-order valence-corrected chi connectivity index (χ3v) is 6.49. The molecule has 2 aliphatic heterocycles. The number of hydrogen-bond donors (Lipinski definition) is 2. The SMILES string of the molecule is CC(=O)OC1=C(O)C(Cl)C(Cl)C2=C1Oc1cc(O)ccc1C21OC(=O)c2ccccc21. The molecule has 0 aromatic heterocycles. The van der Waals surface area contributed by atoms with Crippen LogP contribution < -0.4 is 4.74 Å². The number of rotatable bonds is 1. The molecule has 0 bridgehead atoms. The first kappa shape index (κ1) is 19.8. The summed E-state index contributed by atoms with van der Waals surface area (Å²) in [7, 11) is 0. The Labute approximate surface area is 186 Å². The summed E-state index contributed by atoms with van der Waals surface area (Å²) in [6, 6.07) is 11.1. The van der Waals surface area contributed by atoms with Crippen LogP contribution in [0.2, 0.25) is 0 Å². The fourth-order valence-electron chi connectivity index (χ4n) is 4.23. The van der Waals surface area contributed by atoms with E-state index in [-0.39, 0.29) is 28.6 Å². The van der Waals surface area contributed by atoms with Crippen LogP contribution in [0.3, 0.4) is 0 Å². The topological polar surface area (TPSA) is 102 Å². The van der Waals surface area contributed by atoms with Crippen molar-refractivity contribution in [3.63, 3.8) is 0 Å². The molecule has 158 valence electrons. The van der Waals surface area contributed by atoms with Crippen molar-refractivity contribution in [1.29, 1.82) is 0 Å². The molecule has 2 aromatic carbocycles. The Hall–Kier alpha value is -3.16. The minimum atomic E-state index is -1.56. The molecule has 1 spiro atoms. The number of carbonyl (C=O) groups excluding carboxylic acids is 2. The number of phenols is 1. The number of fused-ring (bicyclic) bond motifs is 5. The number of benzene rings is 2. The van der Waals surface area contributed by atoms with Crippen LogP contribution in [-0.2, 0) is 19.9 Å². The summed E-state index contributed by atoms with van der Waals surface area (Å²) in [5, 5.41) is 18.3. The number of halogens is 2. The first-order valence-corrected chi connectivity index (χ1v) is 10.1. The summed E-state index contributed by atoms with van der Waals surface area (Å²) in [4.78, 5) is 24.6. The van der Waals surface area contributed by atoms with Crippen LogP contribution >= 0.6 is 23.2 Å². The number of hydrogen-bond acceptors (Lipinski definition) is 7. The van der Waals surface area contributed by atoms with Gasteiger partial charge in [0, 0.05) is 29.7 Å². The summed E-state index contributed by atoms with van der Waals surface area (Å²) in [6.45, 7) is 1.15. The molecular formula is C22H14Cl2O7. The van der Waals surface area contributed by atoms with Crippen molar-refractivity contribution in [3.05, 3.63) is 82.0 Å². The normalized spacial score (nSPS) is 26.1. The van der Waals surface area contributed by atoms with Gasteiger partial charge in [-0.15, -0.1) is 23.2 Å². The predicted molar refractivity (Wildman–Crippen MR) is 109 cm³/mol. The lowest BCUT2D eigenvalue weighted by Crippen LogP contribution is -2.44. The van der Waals surface area contributed by atoms with Crippen LogP contribution in [-0.4, -0.2) is 32.9 Å². The third kappa shape index (κ3) is 2.60. The molecule has 3 atom stereocenters. The van der Waals surface area contributed by atoms with Crippen LogP contribution in [0, 0.1) is 0 Å². The first-order chi connectivity index (χ1) is 14.8. The fraction of sp³-hybridized carbons (Fsp3) is 0.182. The maximum absolute atomic E-state index is 12.8. The van der Waals surface area contributed by atoms with Crippen molar-refractivity contribution in [1.82, 2.24) is 0 Å². The molecule has 0 saturated heterocycles. The van der Waals surface area contributed by atoms with Crippen molar-refractivity contribution in [2.75, 3.05) is 0 Å². The summed E-state index contributed by atoms with van der Waals surface area (Å²) in [5.74, 6) is -2.21. The number of aliphatic hydroxyl groups excluding tert-OH is 1. The Morgan fingerprint density at radius 1 is 1.10 bits per heavy atom. The van der Waals surface area contributed by atoms with Gasteiger partial charge in [-0.3, -0.25) is 4.79 Å². The molecule has 0 amide bonds.